The summed E-state index contributed by atoms with van der Waals surface area (Å²) < 4.78 is 21.7. The minimum Gasteiger partial charge on any atom is -0.373 e. The molecule has 1 aliphatic rings. The van der Waals surface area contributed by atoms with Gasteiger partial charge in [0.15, 0.2) is 0 Å². The quantitative estimate of drug-likeness (QED) is 0.577. The number of carbonyl (C=O) groups is 1. The maximum atomic E-state index is 14.2. The summed E-state index contributed by atoms with van der Waals surface area (Å²) in [7, 11) is 0. The Labute approximate surface area is 188 Å². The molecule has 1 aliphatic heterocycles. The van der Waals surface area contributed by atoms with Crippen LogP contribution in [0.15, 0.2) is 60.9 Å². The Kier molecular flexibility index (Phi) is 6.97. The molecule has 32 heavy (non-hydrogen) atoms. The molecule has 168 valence electrons. The third-order valence-electron chi connectivity index (χ3n) is 6.06. The van der Waals surface area contributed by atoms with Gasteiger partial charge in [-0.15, -0.1) is 0 Å². The van der Waals surface area contributed by atoms with E-state index in [1.54, 1.807) is 18.5 Å². The first kappa shape index (κ1) is 22.2. The zero-order valence-electron chi connectivity index (χ0n) is 18.5. The summed E-state index contributed by atoms with van der Waals surface area (Å²) >= 11 is 0. The second-order valence-corrected chi connectivity index (χ2v) is 7.96. The fourth-order valence-electron chi connectivity index (χ4n) is 4.34. The third kappa shape index (κ3) is 4.89. The van der Waals surface area contributed by atoms with Crippen LogP contribution in [0, 0.1) is 5.82 Å². The van der Waals surface area contributed by atoms with Gasteiger partial charge in [0.1, 0.15) is 11.5 Å². The van der Waals surface area contributed by atoms with Crippen LogP contribution in [0.3, 0.4) is 0 Å². The number of aromatic nitrogens is 2. The van der Waals surface area contributed by atoms with Crippen LogP contribution < -0.4 is 5.32 Å². The van der Waals surface area contributed by atoms with Crippen LogP contribution in [0.1, 0.15) is 48.7 Å². The Morgan fingerprint density at radius 2 is 2.06 bits per heavy atom. The molecule has 0 saturated carbocycles. The van der Waals surface area contributed by atoms with E-state index in [2.05, 4.69) is 29.2 Å². The Bertz CT molecular complexity index is 1050. The normalized spacial score (nSPS) is 18.6. The number of amides is 1. The molecule has 1 amide bonds. The second-order valence-electron chi connectivity index (χ2n) is 7.96. The Balaban J connectivity index is 1.48. The summed E-state index contributed by atoms with van der Waals surface area (Å²) in [4.78, 5) is 15.3. The molecule has 7 heteroatoms. The molecule has 1 N–H and O–H groups in total. The van der Waals surface area contributed by atoms with E-state index in [1.165, 1.54) is 22.9 Å². The van der Waals surface area contributed by atoms with E-state index < -0.39 is 5.82 Å². The highest BCUT2D eigenvalue weighted by Gasteiger charge is 2.27. The number of rotatable bonds is 7. The third-order valence-corrected chi connectivity index (χ3v) is 6.06. The minimum absolute atomic E-state index is 0.00319. The molecule has 0 spiro atoms. The average Bonchev–Trinajstić information content (AvgIpc) is 3.35. The predicted molar refractivity (Wildman–Crippen MR) is 123 cm³/mol. The van der Waals surface area contributed by atoms with Crippen LogP contribution >= 0.6 is 0 Å². The van der Waals surface area contributed by atoms with Crippen molar-refractivity contribution in [3.05, 3.63) is 77.9 Å². The van der Waals surface area contributed by atoms with Crippen LogP contribution in [-0.4, -0.2) is 46.3 Å². The lowest BCUT2D eigenvalue weighted by atomic mass is 9.96. The fraction of sp³-hybridized carbons (Fsp3) is 0.360. The highest BCUT2D eigenvalue weighted by Crippen LogP contribution is 2.32. The van der Waals surface area contributed by atoms with Gasteiger partial charge < -0.3 is 15.0 Å². The molecule has 0 radical (unpaired) electrons. The molecule has 1 saturated heterocycles. The standard InChI is InChI=1S/C25H29FN4O2/c1-3-29(4-2)21-11-14-32-24(17-21)18-7-5-8-20(15-18)28-25(31)19-9-10-22(26)23(16-19)30-13-6-12-27-30/h5-10,12-13,15-16,21,24H,3-4,11,14,17H2,1-2H3,(H,28,31)/t21-,24+/m1/s1. The molecule has 1 aromatic heterocycles. The van der Waals surface area contributed by atoms with E-state index >= 15 is 0 Å². The smallest absolute Gasteiger partial charge is 0.255 e. The first-order valence-corrected chi connectivity index (χ1v) is 11.2. The Morgan fingerprint density at radius 1 is 1.22 bits per heavy atom. The van der Waals surface area contributed by atoms with Gasteiger partial charge in [-0.2, -0.15) is 5.10 Å². The van der Waals surface area contributed by atoms with Crippen molar-refractivity contribution in [2.75, 3.05) is 25.0 Å². The number of ether oxygens (including phenoxy) is 1. The molecule has 2 aromatic carbocycles. The van der Waals surface area contributed by atoms with Crippen LogP contribution in [-0.2, 0) is 4.74 Å². The van der Waals surface area contributed by atoms with Gasteiger partial charge in [0.25, 0.3) is 5.91 Å². The number of benzene rings is 2. The average molecular weight is 437 g/mol. The molecule has 4 rings (SSSR count). The first-order valence-electron chi connectivity index (χ1n) is 11.2. The van der Waals surface area contributed by atoms with Crippen molar-refractivity contribution in [1.29, 1.82) is 0 Å². The summed E-state index contributed by atoms with van der Waals surface area (Å²) in [5.74, 6) is -0.745. The van der Waals surface area contributed by atoms with E-state index in [4.69, 9.17) is 4.74 Å². The van der Waals surface area contributed by atoms with E-state index in [0.29, 0.717) is 17.3 Å². The van der Waals surface area contributed by atoms with Gasteiger partial charge in [-0.05, 0) is 67.9 Å². The van der Waals surface area contributed by atoms with Gasteiger partial charge in [0.2, 0.25) is 0 Å². The van der Waals surface area contributed by atoms with Crippen LogP contribution in [0.25, 0.3) is 5.69 Å². The fourth-order valence-corrected chi connectivity index (χ4v) is 4.34. The van der Waals surface area contributed by atoms with Crippen LogP contribution in [0.5, 0.6) is 0 Å². The van der Waals surface area contributed by atoms with Gasteiger partial charge >= 0.3 is 0 Å². The molecule has 0 aliphatic carbocycles. The van der Waals surface area contributed by atoms with E-state index in [9.17, 15) is 9.18 Å². The molecule has 1 fully saturated rings. The van der Waals surface area contributed by atoms with Crippen LogP contribution in [0.4, 0.5) is 10.1 Å². The maximum Gasteiger partial charge on any atom is 0.255 e. The van der Waals surface area contributed by atoms with Crippen molar-refractivity contribution in [1.82, 2.24) is 14.7 Å². The molecule has 6 nitrogen and oxygen atoms in total. The molecule has 0 bridgehead atoms. The van der Waals surface area contributed by atoms with Crippen LogP contribution in [0.2, 0.25) is 0 Å². The Morgan fingerprint density at radius 3 is 2.81 bits per heavy atom. The van der Waals surface area contributed by atoms with Gasteiger partial charge in [0, 0.05) is 36.3 Å². The SMILES string of the molecule is CCN(CC)[C@@H]1CCO[C@H](c2cccc(NC(=O)c3ccc(F)c(-n4cccn4)c3)c2)C1. The number of nitrogens with one attached hydrogen (secondary N) is 1. The molecular formula is C25H29FN4O2. The van der Waals surface area contributed by atoms with E-state index in [0.717, 1.165) is 38.1 Å². The summed E-state index contributed by atoms with van der Waals surface area (Å²) in [6.45, 7) is 7.17. The molecule has 2 heterocycles. The lowest BCUT2D eigenvalue weighted by Gasteiger charge is -2.36. The number of halogens is 1. The van der Waals surface area contributed by atoms with Crippen molar-refractivity contribution < 1.29 is 13.9 Å². The number of hydrogen-bond acceptors (Lipinski definition) is 4. The van der Waals surface area contributed by atoms with Gasteiger partial charge in [-0.25, -0.2) is 9.07 Å². The monoisotopic (exact) mass is 436 g/mol. The first-order chi connectivity index (χ1) is 15.6. The van der Waals surface area contributed by atoms with Crippen molar-refractivity contribution in [3.8, 4) is 5.69 Å². The summed E-state index contributed by atoms with van der Waals surface area (Å²) in [5.41, 5.74) is 2.33. The lowest BCUT2D eigenvalue weighted by molar-refractivity contribution is -0.0265. The number of hydrogen-bond donors (Lipinski definition) is 1. The second kappa shape index (κ2) is 10.1. The predicted octanol–water partition coefficient (Wildman–Crippen LogP) is 4.83. The highest BCUT2D eigenvalue weighted by atomic mass is 19.1. The van der Waals surface area contributed by atoms with Crippen molar-refractivity contribution in [2.24, 2.45) is 0 Å². The molecule has 2 atom stereocenters. The number of nitrogens with zero attached hydrogens (tertiary/aromatic N) is 3. The lowest BCUT2D eigenvalue weighted by Crippen LogP contribution is -2.40. The minimum atomic E-state index is -0.440. The summed E-state index contributed by atoms with van der Waals surface area (Å²) in [5, 5.41) is 6.98. The molecular weight excluding hydrogens is 407 g/mol. The van der Waals surface area contributed by atoms with Gasteiger partial charge in [0.05, 0.1) is 6.10 Å². The largest absolute Gasteiger partial charge is 0.373 e. The summed E-state index contributed by atoms with van der Waals surface area (Å²) in [6, 6.07) is 14.2. The summed E-state index contributed by atoms with van der Waals surface area (Å²) in [6.07, 6.45) is 5.18. The highest BCUT2D eigenvalue weighted by molar-refractivity contribution is 6.04. The van der Waals surface area contributed by atoms with Crippen molar-refractivity contribution >= 4 is 11.6 Å². The molecule has 0 unspecified atom stereocenters. The van der Waals surface area contributed by atoms with Gasteiger partial charge in [-0.1, -0.05) is 26.0 Å². The van der Waals surface area contributed by atoms with E-state index in [-0.39, 0.29) is 17.7 Å². The zero-order chi connectivity index (χ0) is 22.5. The van der Waals surface area contributed by atoms with Crippen molar-refractivity contribution in [2.45, 2.75) is 38.8 Å². The molecule has 3 aromatic rings. The zero-order valence-corrected chi connectivity index (χ0v) is 18.5. The maximum absolute atomic E-state index is 14.2. The number of anilines is 1. The van der Waals surface area contributed by atoms with E-state index in [1.807, 2.05) is 24.3 Å². The van der Waals surface area contributed by atoms with Gasteiger partial charge in [-0.3, -0.25) is 4.79 Å². The number of carbonyl (C=O) groups excluding carboxylic acids is 1. The Hall–Kier alpha value is -3.03. The van der Waals surface area contributed by atoms with Crippen molar-refractivity contribution in [3.63, 3.8) is 0 Å². The topological polar surface area (TPSA) is 59.4 Å².